The van der Waals surface area contributed by atoms with Crippen molar-refractivity contribution >= 4 is 11.6 Å². The number of benzene rings is 2. The molecule has 0 saturated carbocycles. The zero-order valence-electron chi connectivity index (χ0n) is 19.0. The second-order valence-corrected chi connectivity index (χ2v) is 8.88. The van der Waals surface area contributed by atoms with Crippen LogP contribution in [0.2, 0.25) is 5.02 Å². The summed E-state index contributed by atoms with van der Waals surface area (Å²) in [5.74, 6) is 0.977. The fraction of sp³-hybridized carbons (Fsp3) is 0.250. The smallest absolute Gasteiger partial charge is 0.137 e. The fourth-order valence-electron chi connectivity index (χ4n) is 4.08. The van der Waals surface area contributed by atoms with Crippen LogP contribution in [0.4, 0.5) is 0 Å². The fourth-order valence-corrected chi connectivity index (χ4v) is 4.29. The molecule has 0 amide bonds. The summed E-state index contributed by atoms with van der Waals surface area (Å²) < 4.78 is 2.21. The van der Waals surface area contributed by atoms with Gasteiger partial charge >= 0.3 is 0 Å². The van der Waals surface area contributed by atoms with Crippen LogP contribution in [-0.4, -0.2) is 16.1 Å². The Hall–Kier alpha value is -2.88. The molecule has 3 nitrogen and oxygen atoms in total. The number of halogens is 1. The molecule has 0 aliphatic rings. The summed E-state index contributed by atoms with van der Waals surface area (Å²) in [4.78, 5) is 4.96. The van der Waals surface area contributed by atoms with Crippen LogP contribution in [0.5, 0.6) is 0 Å². The van der Waals surface area contributed by atoms with Crippen molar-refractivity contribution in [2.24, 2.45) is 0 Å². The number of pyridine rings is 1. The molecule has 2 aromatic heterocycles. The summed E-state index contributed by atoms with van der Waals surface area (Å²) in [5.41, 5.74) is 8.32. The molecule has 4 rings (SSSR count). The van der Waals surface area contributed by atoms with Crippen LogP contribution in [0, 0.1) is 20.8 Å². The summed E-state index contributed by atoms with van der Waals surface area (Å²) in [6, 6.07) is 25.4. The molecule has 1 N–H and O–H groups in total. The number of rotatable bonds is 8. The van der Waals surface area contributed by atoms with Crippen LogP contribution in [0.25, 0.3) is 17.1 Å². The summed E-state index contributed by atoms with van der Waals surface area (Å²) >= 11 is 6.06. The molecule has 164 valence electrons. The van der Waals surface area contributed by atoms with Gasteiger partial charge in [-0.15, -0.1) is 0 Å². The molecular formula is C28H30ClN3. The topological polar surface area (TPSA) is 29.9 Å². The van der Waals surface area contributed by atoms with Gasteiger partial charge in [-0.05, 0) is 93.2 Å². The summed E-state index contributed by atoms with van der Waals surface area (Å²) in [7, 11) is 0. The van der Waals surface area contributed by atoms with Crippen molar-refractivity contribution < 1.29 is 0 Å². The molecule has 0 aliphatic carbocycles. The van der Waals surface area contributed by atoms with Crippen molar-refractivity contribution in [3.8, 4) is 17.1 Å². The molecule has 0 fully saturated rings. The molecule has 2 heterocycles. The molecule has 0 radical (unpaired) electrons. The van der Waals surface area contributed by atoms with Crippen LogP contribution in [-0.2, 0) is 13.0 Å². The third kappa shape index (κ3) is 5.48. The van der Waals surface area contributed by atoms with E-state index in [9.17, 15) is 0 Å². The van der Waals surface area contributed by atoms with Crippen molar-refractivity contribution in [1.82, 2.24) is 14.9 Å². The minimum Gasteiger partial charge on any atom is -0.313 e. The number of aromatic nitrogens is 2. The van der Waals surface area contributed by atoms with Crippen molar-refractivity contribution in [2.75, 3.05) is 6.54 Å². The summed E-state index contributed by atoms with van der Waals surface area (Å²) in [5, 5.41) is 4.35. The molecule has 2 aromatic carbocycles. The van der Waals surface area contributed by atoms with Gasteiger partial charge in [0.1, 0.15) is 5.82 Å². The number of nitrogens with zero attached hydrogens (tertiary/aromatic N) is 2. The van der Waals surface area contributed by atoms with Crippen LogP contribution in [0.1, 0.15) is 34.5 Å². The van der Waals surface area contributed by atoms with Gasteiger partial charge in [0.05, 0.1) is 5.69 Å². The van der Waals surface area contributed by atoms with Crippen LogP contribution >= 0.6 is 11.6 Å². The Kier molecular flexibility index (Phi) is 7.09. The standard InChI is InChI=1S/C28H30ClN3/c1-20-16-27(31-28(17-20)32-21(2)9-10-22(32)3)25-13-11-24(12-14-25)19-30-15-5-7-23-6-4-8-26(29)18-23/h4,6,8-14,16-18,30H,5,7,15,19H2,1-3H3. The highest BCUT2D eigenvalue weighted by Gasteiger charge is 2.09. The summed E-state index contributed by atoms with van der Waals surface area (Å²) in [6.07, 6.45) is 2.13. The highest BCUT2D eigenvalue weighted by atomic mass is 35.5. The first kappa shape index (κ1) is 22.3. The lowest BCUT2D eigenvalue weighted by atomic mass is 10.1. The van der Waals surface area contributed by atoms with Gasteiger partial charge in [0, 0.05) is 28.5 Å². The lowest BCUT2D eigenvalue weighted by Gasteiger charge is -2.12. The van der Waals surface area contributed by atoms with E-state index in [0.717, 1.165) is 48.0 Å². The van der Waals surface area contributed by atoms with Gasteiger partial charge in [-0.25, -0.2) is 4.98 Å². The van der Waals surface area contributed by atoms with E-state index < -0.39 is 0 Å². The third-order valence-corrected chi connectivity index (χ3v) is 5.98. The molecule has 4 heteroatoms. The predicted molar refractivity (Wildman–Crippen MR) is 135 cm³/mol. The van der Waals surface area contributed by atoms with E-state index in [4.69, 9.17) is 16.6 Å². The summed E-state index contributed by atoms with van der Waals surface area (Å²) in [6.45, 7) is 8.21. The lowest BCUT2D eigenvalue weighted by Crippen LogP contribution is -2.15. The lowest BCUT2D eigenvalue weighted by molar-refractivity contribution is 0.649. The van der Waals surface area contributed by atoms with Gasteiger partial charge in [0.15, 0.2) is 0 Å². The highest BCUT2D eigenvalue weighted by Crippen LogP contribution is 2.23. The molecule has 4 aromatic rings. The number of aryl methyl sites for hydroxylation is 4. The molecule has 0 saturated heterocycles. The van der Waals surface area contributed by atoms with E-state index in [0.29, 0.717) is 0 Å². The quantitative estimate of drug-likeness (QED) is 0.302. The first-order chi connectivity index (χ1) is 15.5. The molecule has 0 aliphatic heterocycles. The molecule has 0 atom stereocenters. The minimum atomic E-state index is 0.810. The largest absolute Gasteiger partial charge is 0.313 e. The maximum atomic E-state index is 6.06. The molecule has 0 spiro atoms. The molecule has 0 unspecified atom stereocenters. The highest BCUT2D eigenvalue weighted by molar-refractivity contribution is 6.30. The van der Waals surface area contributed by atoms with Crippen molar-refractivity contribution in [1.29, 1.82) is 0 Å². The van der Waals surface area contributed by atoms with Crippen molar-refractivity contribution in [2.45, 2.75) is 40.2 Å². The first-order valence-corrected chi connectivity index (χ1v) is 11.6. The van der Waals surface area contributed by atoms with E-state index >= 15 is 0 Å². The normalized spacial score (nSPS) is 11.1. The Morgan fingerprint density at radius 3 is 2.31 bits per heavy atom. The third-order valence-electron chi connectivity index (χ3n) is 5.74. The van der Waals surface area contributed by atoms with Crippen molar-refractivity contribution in [3.05, 3.63) is 106 Å². The Labute approximate surface area is 196 Å². The first-order valence-electron chi connectivity index (χ1n) is 11.2. The average Bonchev–Trinajstić information content (AvgIpc) is 3.11. The van der Waals surface area contributed by atoms with E-state index in [-0.39, 0.29) is 0 Å². The van der Waals surface area contributed by atoms with Gasteiger partial charge < -0.3 is 9.88 Å². The Bertz CT molecular complexity index is 1170. The number of hydrogen-bond donors (Lipinski definition) is 1. The number of nitrogens with one attached hydrogen (secondary N) is 1. The van der Waals surface area contributed by atoms with Crippen LogP contribution in [0.15, 0.2) is 72.8 Å². The average molecular weight is 444 g/mol. The van der Waals surface area contributed by atoms with Crippen LogP contribution < -0.4 is 5.32 Å². The van der Waals surface area contributed by atoms with E-state index in [1.165, 1.54) is 28.1 Å². The Balaban J connectivity index is 1.36. The van der Waals surface area contributed by atoms with Gasteiger partial charge in [0.2, 0.25) is 0 Å². The van der Waals surface area contributed by atoms with E-state index in [2.05, 4.69) is 85.3 Å². The number of hydrogen-bond acceptors (Lipinski definition) is 2. The maximum Gasteiger partial charge on any atom is 0.137 e. The van der Waals surface area contributed by atoms with Crippen molar-refractivity contribution in [3.63, 3.8) is 0 Å². The Morgan fingerprint density at radius 2 is 1.59 bits per heavy atom. The maximum absolute atomic E-state index is 6.06. The van der Waals surface area contributed by atoms with Gasteiger partial charge in [-0.2, -0.15) is 0 Å². The molecular weight excluding hydrogens is 414 g/mol. The zero-order valence-corrected chi connectivity index (χ0v) is 19.8. The Morgan fingerprint density at radius 1 is 0.844 bits per heavy atom. The second-order valence-electron chi connectivity index (χ2n) is 8.45. The van der Waals surface area contributed by atoms with E-state index in [1.807, 2.05) is 18.2 Å². The molecule has 0 bridgehead atoms. The van der Waals surface area contributed by atoms with Gasteiger partial charge in [0.25, 0.3) is 0 Å². The van der Waals surface area contributed by atoms with Gasteiger partial charge in [-0.1, -0.05) is 48.0 Å². The minimum absolute atomic E-state index is 0.810. The van der Waals surface area contributed by atoms with Crippen LogP contribution in [0.3, 0.4) is 0 Å². The second kappa shape index (κ2) is 10.2. The zero-order chi connectivity index (χ0) is 22.5. The molecule has 32 heavy (non-hydrogen) atoms. The monoisotopic (exact) mass is 443 g/mol. The van der Waals surface area contributed by atoms with Gasteiger partial charge in [-0.3, -0.25) is 0 Å². The van der Waals surface area contributed by atoms with E-state index in [1.54, 1.807) is 0 Å². The SMILES string of the molecule is Cc1cc(-c2ccc(CNCCCc3cccc(Cl)c3)cc2)nc(-n2c(C)ccc2C)c1. The predicted octanol–water partition coefficient (Wildman–Crippen LogP) is 6.84.